The van der Waals surface area contributed by atoms with Crippen LogP contribution in [-0.2, 0) is 0 Å². The molecule has 2 atom stereocenters. The Kier molecular flexibility index (Phi) is 5.31. The molecule has 116 valence electrons. The molecule has 0 nitrogen and oxygen atoms in total. The fourth-order valence-corrected chi connectivity index (χ4v) is 6.45. The molecule has 1 aliphatic rings. The molecule has 0 spiro atoms. The SMILES string of the molecule is C=CC(=CC=CC)S(C)(c1ccccc1)C1(C)C=CC=CC1. The van der Waals surface area contributed by atoms with Gasteiger partial charge in [0.1, 0.15) is 0 Å². The van der Waals surface area contributed by atoms with Gasteiger partial charge in [-0.2, -0.15) is 10.0 Å². The van der Waals surface area contributed by atoms with Crippen molar-refractivity contribution in [2.45, 2.75) is 29.9 Å². The minimum absolute atomic E-state index is 0.102. The van der Waals surface area contributed by atoms with E-state index in [1.54, 1.807) is 0 Å². The zero-order valence-electron chi connectivity index (χ0n) is 13.8. The first-order valence-electron chi connectivity index (χ1n) is 7.71. The Balaban J connectivity index is 2.66. The molecule has 0 radical (unpaired) electrons. The summed E-state index contributed by atoms with van der Waals surface area (Å²) in [7, 11) is -1.23. The van der Waals surface area contributed by atoms with Crippen LogP contribution in [0.1, 0.15) is 20.3 Å². The van der Waals surface area contributed by atoms with Gasteiger partial charge < -0.3 is 0 Å². The topological polar surface area (TPSA) is 0 Å². The summed E-state index contributed by atoms with van der Waals surface area (Å²) >= 11 is 0. The van der Waals surface area contributed by atoms with Gasteiger partial charge in [0.05, 0.1) is 0 Å². The maximum absolute atomic E-state index is 4.11. The van der Waals surface area contributed by atoms with Gasteiger partial charge in [0.2, 0.25) is 0 Å². The Morgan fingerprint density at radius 2 is 1.95 bits per heavy atom. The summed E-state index contributed by atoms with van der Waals surface area (Å²) in [6.07, 6.45) is 20.9. The van der Waals surface area contributed by atoms with Crippen molar-refractivity contribution in [3.63, 3.8) is 0 Å². The van der Waals surface area contributed by atoms with Crippen molar-refractivity contribution >= 4 is 10.0 Å². The molecule has 1 aromatic rings. The van der Waals surface area contributed by atoms with E-state index in [4.69, 9.17) is 0 Å². The third kappa shape index (κ3) is 2.91. The van der Waals surface area contributed by atoms with Crippen LogP contribution in [0.2, 0.25) is 0 Å². The second-order valence-electron chi connectivity index (χ2n) is 5.83. The van der Waals surface area contributed by atoms with E-state index in [9.17, 15) is 0 Å². The van der Waals surface area contributed by atoms with Crippen molar-refractivity contribution < 1.29 is 0 Å². The molecule has 0 bridgehead atoms. The number of hydrogen-bond donors (Lipinski definition) is 0. The van der Waals surface area contributed by atoms with Crippen molar-refractivity contribution in [2.75, 3.05) is 6.26 Å². The third-order valence-corrected chi connectivity index (χ3v) is 9.12. The number of allylic oxidation sites excluding steroid dienone is 7. The van der Waals surface area contributed by atoms with Gasteiger partial charge in [-0.15, -0.1) is 0 Å². The van der Waals surface area contributed by atoms with Gasteiger partial charge in [-0.3, -0.25) is 0 Å². The molecule has 0 saturated carbocycles. The van der Waals surface area contributed by atoms with E-state index in [0.29, 0.717) is 0 Å². The molecular formula is C21H26S. The molecule has 2 unspecified atom stereocenters. The standard InChI is InChI=1S/C21H26S/c1-5-7-14-19(6-2)22(4,20-15-10-8-11-16-20)21(3)17-12-9-13-18-21/h5-17H,2,18H2,1,3-4H3. The van der Waals surface area contributed by atoms with E-state index < -0.39 is 10.0 Å². The Labute approximate surface area is 137 Å². The molecule has 1 heteroatoms. The summed E-state index contributed by atoms with van der Waals surface area (Å²) in [5.74, 6) is 0. The average Bonchev–Trinajstić information content (AvgIpc) is 2.56. The number of hydrogen-bond acceptors (Lipinski definition) is 0. The highest BCUT2D eigenvalue weighted by molar-refractivity contribution is 8.37. The van der Waals surface area contributed by atoms with Crippen LogP contribution in [0, 0.1) is 0 Å². The second-order valence-corrected chi connectivity index (χ2v) is 9.55. The molecule has 0 aromatic heterocycles. The highest BCUT2D eigenvalue weighted by atomic mass is 32.3. The molecule has 2 rings (SSSR count). The molecule has 0 saturated heterocycles. The first kappa shape index (κ1) is 16.6. The van der Waals surface area contributed by atoms with Gasteiger partial charge >= 0.3 is 0 Å². The van der Waals surface area contributed by atoms with Crippen LogP contribution in [0.4, 0.5) is 0 Å². The van der Waals surface area contributed by atoms with Gasteiger partial charge in [0, 0.05) is 4.75 Å². The summed E-state index contributed by atoms with van der Waals surface area (Å²) in [6, 6.07) is 10.9. The molecule has 0 heterocycles. The molecule has 0 N–H and O–H groups in total. The Hall–Kier alpha value is -1.73. The highest BCUT2D eigenvalue weighted by Gasteiger charge is 2.41. The summed E-state index contributed by atoms with van der Waals surface area (Å²) in [4.78, 5) is 2.74. The Morgan fingerprint density at radius 3 is 2.50 bits per heavy atom. The van der Waals surface area contributed by atoms with Crippen LogP contribution >= 0.6 is 10.0 Å². The minimum Gasteiger partial charge on any atom is -0.181 e. The predicted molar refractivity (Wildman–Crippen MR) is 103 cm³/mol. The lowest BCUT2D eigenvalue weighted by atomic mass is 10.0. The van der Waals surface area contributed by atoms with E-state index in [-0.39, 0.29) is 4.75 Å². The monoisotopic (exact) mass is 310 g/mol. The molecule has 0 amide bonds. The van der Waals surface area contributed by atoms with Crippen molar-refractivity contribution in [1.29, 1.82) is 0 Å². The first-order valence-corrected chi connectivity index (χ1v) is 9.75. The van der Waals surface area contributed by atoms with E-state index in [1.165, 1.54) is 9.80 Å². The normalized spacial score (nSPS) is 25.9. The lowest BCUT2D eigenvalue weighted by Gasteiger charge is -2.52. The number of rotatable bonds is 5. The van der Waals surface area contributed by atoms with Crippen molar-refractivity contribution in [2.24, 2.45) is 0 Å². The first-order chi connectivity index (χ1) is 10.6. The zero-order valence-corrected chi connectivity index (χ0v) is 14.6. The van der Waals surface area contributed by atoms with Gasteiger partial charge in [-0.05, 0) is 48.5 Å². The zero-order chi connectivity index (χ0) is 16.1. The molecule has 1 aliphatic carbocycles. The molecular weight excluding hydrogens is 284 g/mol. The lowest BCUT2D eigenvalue weighted by Crippen LogP contribution is -2.31. The fourth-order valence-electron chi connectivity index (χ4n) is 2.94. The lowest BCUT2D eigenvalue weighted by molar-refractivity contribution is 0.783. The van der Waals surface area contributed by atoms with Crippen LogP contribution < -0.4 is 0 Å². The van der Waals surface area contributed by atoms with E-state index in [0.717, 1.165) is 6.42 Å². The summed E-state index contributed by atoms with van der Waals surface area (Å²) < 4.78 is 0.102. The minimum atomic E-state index is -1.23. The molecule has 0 fully saturated rings. The van der Waals surface area contributed by atoms with Gasteiger partial charge in [0.25, 0.3) is 0 Å². The van der Waals surface area contributed by atoms with Gasteiger partial charge in [0.15, 0.2) is 0 Å². The largest absolute Gasteiger partial charge is 0.181 e. The van der Waals surface area contributed by atoms with Crippen LogP contribution in [0.25, 0.3) is 0 Å². The maximum Gasteiger partial charge on any atom is 0.0266 e. The molecule has 0 aliphatic heterocycles. The van der Waals surface area contributed by atoms with E-state index in [2.05, 4.69) is 99.5 Å². The van der Waals surface area contributed by atoms with Crippen LogP contribution in [0.5, 0.6) is 0 Å². The third-order valence-electron chi connectivity index (χ3n) is 4.49. The van der Waals surface area contributed by atoms with Crippen molar-refractivity contribution in [3.8, 4) is 0 Å². The average molecular weight is 311 g/mol. The van der Waals surface area contributed by atoms with Crippen molar-refractivity contribution in [3.05, 3.63) is 90.4 Å². The quantitative estimate of drug-likeness (QED) is 0.552. The predicted octanol–water partition coefficient (Wildman–Crippen LogP) is 6.40. The molecule has 1 aromatic carbocycles. The maximum atomic E-state index is 4.11. The Bertz CT molecular complexity index is 633. The number of benzene rings is 1. The van der Waals surface area contributed by atoms with E-state index in [1.807, 2.05) is 6.08 Å². The van der Waals surface area contributed by atoms with E-state index >= 15 is 0 Å². The van der Waals surface area contributed by atoms with Gasteiger partial charge in [-0.1, -0.05) is 73.4 Å². The summed E-state index contributed by atoms with van der Waals surface area (Å²) in [5.41, 5.74) is 0. The highest BCUT2D eigenvalue weighted by Crippen LogP contribution is 2.70. The van der Waals surface area contributed by atoms with Crippen LogP contribution in [0.3, 0.4) is 0 Å². The summed E-state index contributed by atoms with van der Waals surface area (Å²) in [6.45, 7) is 8.54. The van der Waals surface area contributed by atoms with Crippen molar-refractivity contribution in [1.82, 2.24) is 0 Å². The molecule has 22 heavy (non-hydrogen) atoms. The smallest absolute Gasteiger partial charge is 0.0266 e. The Morgan fingerprint density at radius 1 is 1.23 bits per heavy atom. The second kappa shape index (κ2) is 7.02. The van der Waals surface area contributed by atoms with Crippen LogP contribution in [0.15, 0.2) is 95.3 Å². The van der Waals surface area contributed by atoms with Gasteiger partial charge in [-0.25, -0.2) is 0 Å². The summed E-state index contributed by atoms with van der Waals surface area (Å²) in [5, 5.41) is 0. The van der Waals surface area contributed by atoms with Crippen LogP contribution in [-0.4, -0.2) is 11.0 Å². The fraction of sp³-hybridized carbons (Fsp3) is 0.238.